The van der Waals surface area contributed by atoms with Gasteiger partial charge in [-0.2, -0.15) is 0 Å². The molecule has 0 atom stereocenters. The molecular formula is C22H31ClN4O. The summed E-state index contributed by atoms with van der Waals surface area (Å²) in [7, 11) is 1.78. The highest BCUT2D eigenvalue weighted by Crippen LogP contribution is 2.22. The Labute approximate surface area is 172 Å². The van der Waals surface area contributed by atoms with Gasteiger partial charge in [0.2, 0.25) is 5.56 Å². The van der Waals surface area contributed by atoms with E-state index in [0.29, 0.717) is 0 Å². The zero-order valence-electron chi connectivity index (χ0n) is 17.0. The molecular weight excluding hydrogens is 372 g/mol. The highest BCUT2D eigenvalue weighted by Gasteiger charge is 2.19. The number of pyridine rings is 1. The third-order valence-electron chi connectivity index (χ3n) is 4.55. The standard InChI is InChI=1S/C22H31ClN4O/c1-22(2,16-18-9-8-10-19(23)15-18)17-26-21(24-3)25-12-5-7-14-27-13-6-4-11-20(27)28/h4,6,8-11,13,15H,5,7,12,14,16-17H2,1-3H3,(H2,24,25,26). The van der Waals surface area contributed by atoms with Crippen molar-refractivity contribution in [3.8, 4) is 0 Å². The van der Waals surface area contributed by atoms with Crippen molar-refractivity contribution >= 4 is 17.6 Å². The van der Waals surface area contributed by atoms with Gasteiger partial charge in [-0.1, -0.05) is 43.6 Å². The summed E-state index contributed by atoms with van der Waals surface area (Å²) in [4.78, 5) is 16.0. The largest absolute Gasteiger partial charge is 0.356 e. The quantitative estimate of drug-likeness (QED) is 0.382. The van der Waals surface area contributed by atoms with Gasteiger partial charge < -0.3 is 15.2 Å². The number of aromatic nitrogens is 1. The molecule has 0 saturated heterocycles. The van der Waals surface area contributed by atoms with Crippen LogP contribution in [-0.2, 0) is 13.0 Å². The molecule has 0 aliphatic rings. The fourth-order valence-corrected chi connectivity index (χ4v) is 3.28. The molecule has 0 aliphatic heterocycles. The van der Waals surface area contributed by atoms with Gasteiger partial charge in [0.15, 0.2) is 5.96 Å². The number of hydrogen-bond donors (Lipinski definition) is 2. The average Bonchev–Trinajstić information content (AvgIpc) is 2.65. The molecule has 0 bridgehead atoms. The second-order valence-electron chi connectivity index (χ2n) is 7.76. The molecule has 0 unspecified atom stereocenters. The first kappa shape index (κ1) is 22.0. The van der Waals surface area contributed by atoms with E-state index in [9.17, 15) is 4.79 Å². The van der Waals surface area contributed by atoms with Crippen LogP contribution in [0.2, 0.25) is 5.02 Å². The van der Waals surface area contributed by atoms with Crippen molar-refractivity contribution in [1.82, 2.24) is 15.2 Å². The highest BCUT2D eigenvalue weighted by molar-refractivity contribution is 6.30. The summed E-state index contributed by atoms with van der Waals surface area (Å²) in [5.74, 6) is 0.802. The predicted molar refractivity (Wildman–Crippen MR) is 118 cm³/mol. The lowest BCUT2D eigenvalue weighted by molar-refractivity contribution is 0.359. The Morgan fingerprint density at radius 1 is 1.14 bits per heavy atom. The normalized spacial score (nSPS) is 12.1. The number of aryl methyl sites for hydroxylation is 1. The first-order valence-corrected chi connectivity index (χ1v) is 10.1. The van der Waals surface area contributed by atoms with Gasteiger partial charge in [0, 0.05) is 44.0 Å². The maximum atomic E-state index is 11.7. The molecule has 152 valence electrons. The third-order valence-corrected chi connectivity index (χ3v) is 4.78. The van der Waals surface area contributed by atoms with E-state index in [2.05, 4.69) is 35.5 Å². The molecule has 0 spiro atoms. The summed E-state index contributed by atoms with van der Waals surface area (Å²) >= 11 is 6.09. The van der Waals surface area contributed by atoms with Gasteiger partial charge in [-0.3, -0.25) is 9.79 Å². The van der Waals surface area contributed by atoms with Crippen molar-refractivity contribution in [2.24, 2.45) is 10.4 Å². The van der Waals surface area contributed by atoms with Crippen LogP contribution in [0.3, 0.4) is 0 Å². The second kappa shape index (κ2) is 10.9. The molecule has 0 amide bonds. The Balaban J connectivity index is 1.70. The van der Waals surface area contributed by atoms with Crippen molar-refractivity contribution < 1.29 is 0 Å². The van der Waals surface area contributed by atoms with E-state index in [0.717, 1.165) is 49.9 Å². The number of nitrogens with zero attached hydrogens (tertiary/aromatic N) is 2. The molecule has 0 saturated carbocycles. The van der Waals surface area contributed by atoms with E-state index in [1.54, 1.807) is 23.7 Å². The monoisotopic (exact) mass is 402 g/mol. The van der Waals surface area contributed by atoms with Crippen LogP contribution < -0.4 is 16.2 Å². The minimum absolute atomic E-state index is 0.0508. The van der Waals surface area contributed by atoms with Gasteiger partial charge in [-0.15, -0.1) is 0 Å². The van der Waals surface area contributed by atoms with Crippen LogP contribution in [0.1, 0.15) is 32.3 Å². The Morgan fingerprint density at radius 2 is 1.96 bits per heavy atom. The molecule has 1 aromatic heterocycles. The molecule has 0 aliphatic carbocycles. The highest BCUT2D eigenvalue weighted by atomic mass is 35.5. The summed E-state index contributed by atoms with van der Waals surface area (Å²) in [6.07, 6.45) is 4.67. The second-order valence-corrected chi connectivity index (χ2v) is 8.20. The number of halogens is 1. The molecule has 5 nitrogen and oxygen atoms in total. The van der Waals surface area contributed by atoms with Gasteiger partial charge >= 0.3 is 0 Å². The lowest BCUT2D eigenvalue weighted by Crippen LogP contribution is -2.43. The van der Waals surface area contributed by atoms with Gasteiger partial charge in [0.1, 0.15) is 0 Å². The molecule has 2 aromatic rings. The molecule has 2 N–H and O–H groups in total. The fraction of sp³-hybridized carbons (Fsp3) is 0.455. The van der Waals surface area contributed by atoms with Gasteiger partial charge in [-0.05, 0) is 48.4 Å². The number of unbranched alkanes of at least 4 members (excludes halogenated alkanes) is 1. The van der Waals surface area contributed by atoms with Crippen LogP contribution in [0, 0.1) is 5.41 Å². The molecule has 1 heterocycles. The first-order chi connectivity index (χ1) is 13.4. The van der Waals surface area contributed by atoms with Crippen molar-refractivity contribution in [1.29, 1.82) is 0 Å². The zero-order valence-corrected chi connectivity index (χ0v) is 17.8. The van der Waals surface area contributed by atoms with Crippen LogP contribution in [-0.4, -0.2) is 30.7 Å². The summed E-state index contributed by atoms with van der Waals surface area (Å²) < 4.78 is 1.74. The number of nitrogens with one attached hydrogen (secondary N) is 2. The van der Waals surface area contributed by atoms with Crippen molar-refractivity contribution in [2.75, 3.05) is 20.1 Å². The molecule has 2 rings (SSSR count). The van der Waals surface area contributed by atoms with E-state index in [1.807, 2.05) is 30.5 Å². The van der Waals surface area contributed by atoms with Crippen molar-refractivity contribution in [3.63, 3.8) is 0 Å². The Hall–Kier alpha value is -2.27. The molecule has 28 heavy (non-hydrogen) atoms. The van der Waals surface area contributed by atoms with E-state index >= 15 is 0 Å². The number of guanidine groups is 1. The van der Waals surface area contributed by atoms with E-state index < -0.39 is 0 Å². The summed E-state index contributed by atoms with van der Waals surface area (Å²) in [6.45, 7) is 6.81. The van der Waals surface area contributed by atoms with Gasteiger partial charge in [-0.25, -0.2) is 0 Å². The Kier molecular flexibility index (Phi) is 8.58. The van der Waals surface area contributed by atoms with E-state index in [1.165, 1.54) is 5.56 Å². The molecule has 0 radical (unpaired) electrons. The number of rotatable bonds is 9. The van der Waals surface area contributed by atoms with E-state index in [4.69, 9.17) is 11.6 Å². The molecule has 1 aromatic carbocycles. The first-order valence-electron chi connectivity index (χ1n) is 9.74. The van der Waals surface area contributed by atoms with Crippen molar-refractivity contribution in [3.05, 3.63) is 69.6 Å². The van der Waals surface area contributed by atoms with Crippen LogP contribution in [0.15, 0.2) is 58.4 Å². The zero-order chi connectivity index (χ0) is 20.4. The SMILES string of the molecule is CN=C(NCCCCn1ccccc1=O)NCC(C)(C)Cc1cccc(Cl)c1. The minimum Gasteiger partial charge on any atom is -0.356 e. The van der Waals surface area contributed by atoms with Crippen LogP contribution >= 0.6 is 11.6 Å². The topological polar surface area (TPSA) is 58.4 Å². The van der Waals surface area contributed by atoms with Gasteiger partial charge in [0.05, 0.1) is 0 Å². The maximum absolute atomic E-state index is 11.7. The molecule has 6 heteroatoms. The van der Waals surface area contributed by atoms with Crippen LogP contribution in [0.4, 0.5) is 0 Å². The summed E-state index contributed by atoms with van der Waals surface area (Å²) in [5, 5.41) is 7.53. The third kappa shape index (κ3) is 7.77. The molecule has 0 fully saturated rings. The Morgan fingerprint density at radius 3 is 2.68 bits per heavy atom. The fourth-order valence-electron chi connectivity index (χ4n) is 3.06. The lowest BCUT2D eigenvalue weighted by Gasteiger charge is -2.26. The Bertz CT molecular complexity index is 829. The lowest BCUT2D eigenvalue weighted by atomic mass is 9.86. The number of benzene rings is 1. The smallest absolute Gasteiger partial charge is 0.250 e. The van der Waals surface area contributed by atoms with Crippen LogP contribution in [0.25, 0.3) is 0 Å². The van der Waals surface area contributed by atoms with Crippen LogP contribution in [0.5, 0.6) is 0 Å². The van der Waals surface area contributed by atoms with Gasteiger partial charge in [0.25, 0.3) is 0 Å². The predicted octanol–water partition coefficient (Wildman–Crippen LogP) is 3.72. The van der Waals surface area contributed by atoms with E-state index in [-0.39, 0.29) is 11.0 Å². The number of aliphatic imine (C=N–C) groups is 1. The minimum atomic E-state index is 0.0508. The summed E-state index contributed by atoms with van der Waals surface area (Å²) in [5.41, 5.74) is 1.35. The van der Waals surface area contributed by atoms with Crippen molar-refractivity contribution in [2.45, 2.75) is 39.7 Å². The average molecular weight is 403 g/mol. The number of hydrogen-bond acceptors (Lipinski definition) is 2. The summed E-state index contributed by atoms with van der Waals surface area (Å²) in [6, 6.07) is 13.3. The maximum Gasteiger partial charge on any atom is 0.250 e.